The van der Waals surface area contributed by atoms with Gasteiger partial charge in [0.15, 0.2) is 0 Å². The molecule has 0 spiro atoms. The predicted molar refractivity (Wildman–Crippen MR) is 596 cm³/mol. The van der Waals surface area contributed by atoms with Gasteiger partial charge in [0.05, 0.1) is 77.6 Å². The molecule has 0 saturated carbocycles. The van der Waals surface area contributed by atoms with Crippen molar-refractivity contribution in [1.82, 2.24) is 32.4 Å². The summed E-state index contributed by atoms with van der Waals surface area (Å²) in [7, 11) is 0. The summed E-state index contributed by atoms with van der Waals surface area (Å²) in [6, 6.07) is 174. The van der Waals surface area contributed by atoms with Crippen LogP contribution in [-0.4, -0.2) is 32.4 Å². The summed E-state index contributed by atoms with van der Waals surface area (Å²) in [5.74, 6) is 0. The Morgan fingerprint density at radius 3 is 0.813 bits per heavy atom. The lowest BCUT2D eigenvalue weighted by molar-refractivity contribution is 1.16. The first-order chi connectivity index (χ1) is 69.0. The van der Waals surface area contributed by atoms with E-state index in [0.717, 1.165) is 33.9 Å². The van der Waals surface area contributed by atoms with Gasteiger partial charge in [-0.05, 0) is 210 Å². The van der Waals surface area contributed by atoms with Crippen LogP contribution < -0.4 is 0 Å². The highest BCUT2D eigenvalue weighted by atomic mass is 32.1. The van der Waals surface area contributed by atoms with Crippen molar-refractivity contribution in [2.45, 2.75) is 0 Å². The summed E-state index contributed by atoms with van der Waals surface area (Å²) in [6.07, 6.45) is 0. The van der Waals surface area contributed by atoms with Gasteiger partial charge in [0.25, 0.3) is 0 Å². The van der Waals surface area contributed by atoms with Gasteiger partial charge in [-0.1, -0.05) is 291 Å². The number of fused-ring (bicyclic) bond motifs is 32. The van der Waals surface area contributed by atoms with Crippen LogP contribution in [0.15, 0.2) is 479 Å². The number of thiophene rings is 3. The van der Waals surface area contributed by atoms with E-state index in [2.05, 4.69) is 501 Å². The first-order valence-electron chi connectivity index (χ1n) is 47.4. The summed E-state index contributed by atoms with van der Waals surface area (Å²) in [6.45, 7) is 0. The minimum atomic E-state index is 0.965. The lowest BCUT2D eigenvalue weighted by Gasteiger charge is -2.10. The zero-order valence-corrected chi connectivity index (χ0v) is 77.4. The highest BCUT2D eigenvalue weighted by molar-refractivity contribution is 7.27. The molecule has 0 aliphatic carbocycles. The SMILES string of the molecule is c1ccc(-c2ccc3c(c2)c2cc4c5c6sc7ccccc7c6ccc5n(-c5ccccc5)c4cc2n3-c2ccccc2)cc1.c1ccc(-c2cccc(-c3ccc4c(c3)c3cc5c6c7sc8ccccc8c7ccc6n(-c6ccccc6)c5cc3n4-c3ccccc3)n2)cc1.c1ccc(-n2c3cc4c(cc3c3c5ccccc5ccc32)c2c3sc5ccccc5c3ccc2n4-c2ccccc2)cc1. The normalized spacial score (nSPS) is 12.0. The van der Waals surface area contributed by atoms with Gasteiger partial charge in [-0.2, -0.15) is 0 Å². The van der Waals surface area contributed by atoms with Gasteiger partial charge in [0.2, 0.25) is 0 Å². The van der Waals surface area contributed by atoms with Gasteiger partial charge >= 0.3 is 0 Å². The summed E-state index contributed by atoms with van der Waals surface area (Å²) in [5, 5.41) is 25.9. The van der Waals surface area contributed by atoms with E-state index < -0.39 is 0 Å². The molecule has 139 heavy (non-hydrogen) atoms. The minimum Gasteiger partial charge on any atom is -0.309 e. The molecule has 7 nitrogen and oxygen atoms in total. The molecule has 10 heterocycles. The lowest BCUT2D eigenvalue weighted by Crippen LogP contribution is -1.95. The van der Waals surface area contributed by atoms with Gasteiger partial charge in [-0.25, -0.2) is 4.98 Å². The van der Waals surface area contributed by atoms with Crippen LogP contribution in [0.5, 0.6) is 0 Å². The largest absolute Gasteiger partial charge is 0.309 e. The van der Waals surface area contributed by atoms with Gasteiger partial charge in [-0.15, -0.1) is 34.0 Å². The Balaban J connectivity index is 0.000000101. The second-order valence-corrected chi connectivity index (χ2v) is 39.4. The molecule has 21 aromatic carbocycles. The second kappa shape index (κ2) is 31.6. The fourth-order valence-electron chi connectivity index (χ4n) is 22.6. The number of hydrogen-bond donors (Lipinski definition) is 0. The molecule has 10 heteroatoms. The minimum absolute atomic E-state index is 0.965. The van der Waals surface area contributed by atoms with Crippen molar-refractivity contribution in [3.05, 3.63) is 479 Å². The van der Waals surface area contributed by atoms with Crippen LogP contribution in [-0.2, 0) is 0 Å². The third kappa shape index (κ3) is 12.3. The summed E-state index contributed by atoms with van der Waals surface area (Å²) in [5.41, 5.74) is 28.2. The predicted octanol–water partition coefficient (Wildman–Crippen LogP) is 36.3. The quantitative estimate of drug-likeness (QED) is 0.142. The molecule has 31 rings (SSSR count). The first kappa shape index (κ1) is 78.9. The molecule has 0 N–H and O–H groups in total. The zero-order valence-electron chi connectivity index (χ0n) is 75.0. The molecule has 0 atom stereocenters. The highest BCUT2D eigenvalue weighted by Gasteiger charge is 2.28. The Kier molecular flexibility index (Phi) is 17.9. The maximum absolute atomic E-state index is 5.14. The van der Waals surface area contributed by atoms with Crippen LogP contribution in [0, 0.1) is 0 Å². The number of hydrogen-bond acceptors (Lipinski definition) is 4. The monoisotopic (exact) mass is 1820 g/mol. The van der Waals surface area contributed by atoms with Crippen LogP contribution >= 0.6 is 34.0 Å². The molecule has 0 amide bonds. The van der Waals surface area contributed by atoms with E-state index in [4.69, 9.17) is 4.98 Å². The lowest BCUT2D eigenvalue weighted by atomic mass is 10.0. The van der Waals surface area contributed by atoms with E-state index >= 15 is 0 Å². The fourth-order valence-corrected chi connectivity index (χ4v) is 26.4. The van der Waals surface area contributed by atoms with Crippen LogP contribution in [0.25, 0.3) is 270 Å². The second-order valence-electron chi connectivity index (χ2n) is 36.3. The van der Waals surface area contributed by atoms with E-state index in [1.807, 2.05) is 40.1 Å². The molecule has 0 bridgehead atoms. The Morgan fingerprint density at radius 1 is 0.144 bits per heavy atom. The van der Waals surface area contributed by atoms with Crippen molar-refractivity contribution >= 4 is 236 Å². The van der Waals surface area contributed by atoms with E-state index in [1.54, 1.807) is 0 Å². The first-order valence-corrected chi connectivity index (χ1v) is 49.8. The molecular weight excluding hydrogens is 1740 g/mol. The van der Waals surface area contributed by atoms with Crippen molar-refractivity contribution in [3.8, 4) is 67.8 Å². The Morgan fingerprint density at radius 2 is 0.417 bits per heavy atom. The molecule has 0 aliphatic heterocycles. The topological polar surface area (TPSA) is 42.5 Å². The molecular formula is C129H79N7S3. The smallest absolute Gasteiger partial charge is 0.0709 e. The van der Waals surface area contributed by atoms with Crippen molar-refractivity contribution in [1.29, 1.82) is 0 Å². The van der Waals surface area contributed by atoms with Gasteiger partial charge in [-0.3, -0.25) is 0 Å². The molecule has 10 aromatic heterocycles. The Labute approximate surface area is 809 Å². The Bertz CT molecular complexity index is 10400. The molecule has 31 aromatic rings. The van der Waals surface area contributed by atoms with Gasteiger partial charge < -0.3 is 27.4 Å². The van der Waals surface area contributed by atoms with E-state index in [9.17, 15) is 0 Å². The average Bonchev–Trinajstić information content (AvgIpc) is 1.54. The number of nitrogens with zero attached hydrogens (tertiary/aromatic N) is 7. The number of para-hydroxylation sites is 6. The summed E-state index contributed by atoms with van der Waals surface area (Å²) >= 11 is 5.71. The van der Waals surface area contributed by atoms with Gasteiger partial charge in [0.1, 0.15) is 0 Å². The Hall–Kier alpha value is -17.5. The number of rotatable bonds is 9. The summed E-state index contributed by atoms with van der Waals surface area (Å²) in [4.78, 5) is 5.14. The maximum Gasteiger partial charge on any atom is 0.0709 e. The molecule has 0 saturated heterocycles. The number of aromatic nitrogens is 7. The maximum atomic E-state index is 5.14. The highest BCUT2D eigenvalue weighted by Crippen LogP contribution is 2.52. The van der Waals surface area contributed by atoms with Crippen molar-refractivity contribution < 1.29 is 0 Å². The fraction of sp³-hybridized carbons (Fsp3) is 0. The van der Waals surface area contributed by atoms with Crippen LogP contribution in [0.3, 0.4) is 0 Å². The van der Waals surface area contributed by atoms with Crippen LogP contribution in [0.2, 0.25) is 0 Å². The van der Waals surface area contributed by atoms with E-state index in [-0.39, 0.29) is 0 Å². The molecule has 0 radical (unpaired) electrons. The van der Waals surface area contributed by atoms with Crippen molar-refractivity contribution in [2.75, 3.05) is 0 Å². The summed E-state index contributed by atoms with van der Waals surface area (Å²) < 4.78 is 22.7. The zero-order chi connectivity index (χ0) is 91.0. The molecule has 0 unspecified atom stereocenters. The average molecular weight is 1820 g/mol. The van der Waals surface area contributed by atoms with Crippen LogP contribution in [0.1, 0.15) is 0 Å². The molecule has 648 valence electrons. The third-order valence-corrected chi connectivity index (χ3v) is 32.3. The van der Waals surface area contributed by atoms with Crippen molar-refractivity contribution in [2.24, 2.45) is 0 Å². The van der Waals surface area contributed by atoms with Gasteiger partial charge in [0, 0.05) is 170 Å². The number of pyridine rings is 1. The molecule has 0 fully saturated rings. The van der Waals surface area contributed by atoms with Crippen LogP contribution in [0.4, 0.5) is 0 Å². The standard InChI is InChI=1S/C47H29N3S.C42H26N2S.C40H24N2S/c1-4-13-30(14-5-1)39-20-12-21-40(48-39)31-23-25-41-36(27-31)37-28-38-44(29-43(37)49(41)32-15-6-2-7-16-32)50(33-17-8-3-9-18-33)42-26-24-35-34-19-10-11-22-45(34)51-47(35)46(38)42;1-4-12-27(13-5-1)28-20-22-36-33(24-28)34-25-35-39(26-38(34)43(36)29-14-6-2-7-15-29)44(30-16-8-3-9-17-30)37-23-21-32-31-18-10-11-19-40(31)45-42(32)41(35)37;1-3-12-26(13-4-1)41-33-21-19-25-11-7-8-16-28(25)38(33)31-23-32-36(24-35(31)41)42(27-14-5-2-6-15-27)34-22-20-30-29-17-9-10-18-37(29)43-40(30)39(32)34/h1-29H;1-26H;1-24H. The molecule has 0 aliphatic rings. The van der Waals surface area contributed by atoms with E-state index in [1.165, 1.54) is 236 Å². The van der Waals surface area contributed by atoms with Crippen molar-refractivity contribution in [3.63, 3.8) is 0 Å². The third-order valence-electron chi connectivity index (χ3n) is 28.7. The number of benzene rings is 21. The van der Waals surface area contributed by atoms with E-state index in [0.29, 0.717) is 0 Å².